The second-order valence-corrected chi connectivity index (χ2v) is 7.03. The van der Waals surface area contributed by atoms with E-state index in [9.17, 15) is 4.79 Å². The molecule has 1 amide bonds. The van der Waals surface area contributed by atoms with Crippen LogP contribution in [-0.2, 0) is 0 Å². The molecule has 0 atom stereocenters. The lowest BCUT2D eigenvalue weighted by Crippen LogP contribution is -2.21. The molecule has 0 aliphatic rings. The van der Waals surface area contributed by atoms with Gasteiger partial charge in [0.2, 0.25) is 5.55 Å². The van der Waals surface area contributed by atoms with Gasteiger partial charge in [0.05, 0.1) is 17.8 Å². The summed E-state index contributed by atoms with van der Waals surface area (Å²) in [4.78, 5) is 21.4. The van der Waals surface area contributed by atoms with Gasteiger partial charge in [0.25, 0.3) is 5.91 Å². The Morgan fingerprint density at radius 1 is 1.25 bits per heavy atom. The molecule has 0 aliphatic carbocycles. The number of rotatable bonds is 4. The first-order valence-corrected chi connectivity index (χ1v) is 9.52. The number of hydrogen-bond donors (Lipinski definition) is 1. The highest BCUT2D eigenvalue weighted by Gasteiger charge is 2.14. The first-order chi connectivity index (χ1) is 13.6. The maximum Gasteiger partial charge on any atom is 0.262 e. The Morgan fingerprint density at radius 2 is 2.11 bits per heavy atom. The summed E-state index contributed by atoms with van der Waals surface area (Å²) in [6, 6.07) is 14.2. The molecule has 0 aliphatic heterocycles. The molecule has 0 bridgehead atoms. The third-order valence-electron chi connectivity index (χ3n) is 3.92. The molecule has 8 heteroatoms. The van der Waals surface area contributed by atoms with Crippen molar-refractivity contribution in [1.29, 1.82) is 0 Å². The number of thiazole rings is 1. The lowest BCUT2D eigenvalue weighted by Gasteiger charge is -2.06. The zero-order valence-corrected chi connectivity index (χ0v) is 16.3. The monoisotopic (exact) mass is 411 g/mol. The van der Waals surface area contributed by atoms with Crippen LogP contribution in [0.4, 0.5) is 10.8 Å². The predicted octanol–water partition coefficient (Wildman–Crippen LogP) is 5.04. The maximum absolute atomic E-state index is 12.8. The zero-order valence-electron chi connectivity index (χ0n) is 14.7. The van der Waals surface area contributed by atoms with Crippen LogP contribution in [-0.4, -0.2) is 18.0 Å². The smallest absolute Gasteiger partial charge is 0.262 e. The van der Waals surface area contributed by atoms with Crippen molar-refractivity contribution < 1.29 is 13.9 Å². The number of para-hydroxylation sites is 1. The Bertz CT molecular complexity index is 1220. The van der Waals surface area contributed by atoms with Gasteiger partial charge >= 0.3 is 0 Å². The summed E-state index contributed by atoms with van der Waals surface area (Å²) in [6.45, 7) is 0. The number of halogens is 1. The molecule has 140 valence electrons. The summed E-state index contributed by atoms with van der Waals surface area (Å²) in [6.07, 6.45) is 1.62. The van der Waals surface area contributed by atoms with E-state index in [4.69, 9.17) is 20.8 Å². The van der Waals surface area contributed by atoms with Crippen molar-refractivity contribution in [3.8, 4) is 5.75 Å². The summed E-state index contributed by atoms with van der Waals surface area (Å²) < 4.78 is 11.1. The van der Waals surface area contributed by atoms with Gasteiger partial charge in [0.15, 0.2) is 5.13 Å². The molecule has 2 heterocycles. The molecule has 1 N–H and O–H groups in total. The summed E-state index contributed by atoms with van der Waals surface area (Å²) in [5.41, 5.74) is 1.62. The second kappa shape index (κ2) is 7.84. The number of aromatic nitrogens is 1. The molecule has 0 spiro atoms. The zero-order chi connectivity index (χ0) is 19.5. The molecule has 0 saturated heterocycles. The lowest BCUT2D eigenvalue weighted by molar-refractivity contribution is 0.102. The molecular weight excluding hydrogens is 398 g/mol. The van der Waals surface area contributed by atoms with Crippen molar-refractivity contribution in [3.63, 3.8) is 0 Å². The molecule has 0 saturated carbocycles. The normalized spacial score (nSPS) is 11.6. The van der Waals surface area contributed by atoms with E-state index in [0.29, 0.717) is 32.7 Å². The third-order valence-corrected chi connectivity index (χ3v) is 4.90. The van der Waals surface area contributed by atoms with E-state index in [2.05, 4.69) is 15.3 Å². The summed E-state index contributed by atoms with van der Waals surface area (Å²) in [5, 5.41) is 6.25. The SMILES string of the molecule is COc1ccc(N=c2oc3ccccc3cc2C(=O)Nc2nccs2)cc1Cl. The third kappa shape index (κ3) is 3.76. The minimum absolute atomic E-state index is 0.175. The van der Waals surface area contributed by atoms with Crippen LogP contribution in [0.25, 0.3) is 11.0 Å². The maximum atomic E-state index is 12.8. The van der Waals surface area contributed by atoms with Gasteiger partial charge in [-0.1, -0.05) is 29.8 Å². The number of ether oxygens (including phenoxy) is 1. The van der Waals surface area contributed by atoms with Crippen LogP contribution in [0.1, 0.15) is 10.4 Å². The standard InChI is InChI=1S/C20H14ClN3O3S/c1-26-17-7-6-13(11-15(17)21)23-19-14(18(25)24-20-22-8-9-28-20)10-12-4-2-3-5-16(12)27-19/h2-11H,1H3,(H,22,24,25). The fourth-order valence-electron chi connectivity index (χ4n) is 2.61. The van der Waals surface area contributed by atoms with Crippen molar-refractivity contribution >= 4 is 50.6 Å². The van der Waals surface area contributed by atoms with Crippen LogP contribution in [0.15, 0.2) is 69.5 Å². The molecular formula is C20H14ClN3O3S. The van der Waals surface area contributed by atoms with Gasteiger partial charge in [0.1, 0.15) is 16.9 Å². The van der Waals surface area contributed by atoms with E-state index >= 15 is 0 Å². The highest BCUT2D eigenvalue weighted by Crippen LogP contribution is 2.28. The van der Waals surface area contributed by atoms with Gasteiger partial charge in [-0.15, -0.1) is 11.3 Å². The number of fused-ring (bicyclic) bond motifs is 1. The Hall–Kier alpha value is -3.16. The van der Waals surface area contributed by atoms with E-state index < -0.39 is 0 Å². The van der Waals surface area contributed by atoms with Gasteiger partial charge < -0.3 is 9.15 Å². The highest BCUT2D eigenvalue weighted by atomic mass is 35.5. The number of amides is 1. The average Bonchev–Trinajstić information content (AvgIpc) is 3.20. The number of carbonyl (C=O) groups is 1. The van der Waals surface area contributed by atoms with Gasteiger partial charge in [-0.2, -0.15) is 0 Å². The predicted molar refractivity (Wildman–Crippen MR) is 110 cm³/mol. The quantitative estimate of drug-likeness (QED) is 0.510. The van der Waals surface area contributed by atoms with E-state index in [0.717, 1.165) is 5.39 Å². The van der Waals surface area contributed by atoms with Crippen molar-refractivity contribution in [3.05, 3.63) is 76.2 Å². The van der Waals surface area contributed by atoms with E-state index in [-0.39, 0.29) is 11.5 Å². The minimum atomic E-state index is -0.359. The number of nitrogens with one attached hydrogen (secondary N) is 1. The molecule has 0 fully saturated rings. The number of methoxy groups -OCH3 is 1. The van der Waals surface area contributed by atoms with Crippen LogP contribution in [0.2, 0.25) is 5.02 Å². The second-order valence-electron chi connectivity index (χ2n) is 5.73. The first-order valence-electron chi connectivity index (χ1n) is 8.26. The Morgan fingerprint density at radius 3 is 2.86 bits per heavy atom. The van der Waals surface area contributed by atoms with Crippen molar-refractivity contribution in [2.24, 2.45) is 4.99 Å². The highest BCUT2D eigenvalue weighted by molar-refractivity contribution is 7.13. The summed E-state index contributed by atoms with van der Waals surface area (Å²) in [7, 11) is 1.54. The van der Waals surface area contributed by atoms with E-state index in [1.807, 2.05) is 24.3 Å². The van der Waals surface area contributed by atoms with Crippen LogP contribution < -0.4 is 15.6 Å². The van der Waals surface area contributed by atoms with Gasteiger partial charge in [-0.3, -0.25) is 10.1 Å². The molecule has 4 rings (SSSR count). The van der Waals surface area contributed by atoms with Gasteiger partial charge in [-0.25, -0.2) is 9.98 Å². The molecule has 0 unspecified atom stereocenters. The van der Waals surface area contributed by atoms with Crippen molar-refractivity contribution in [1.82, 2.24) is 4.98 Å². The fraction of sp³-hybridized carbons (Fsp3) is 0.0500. The van der Waals surface area contributed by atoms with Crippen molar-refractivity contribution in [2.45, 2.75) is 0 Å². The lowest BCUT2D eigenvalue weighted by atomic mass is 10.2. The van der Waals surface area contributed by atoms with Crippen LogP contribution in [0, 0.1) is 0 Å². The number of anilines is 1. The first kappa shape index (κ1) is 18.2. The van der Waals surface area contributed by atoms with E-state index in [1.54, 1.807) is 35.8 Å². The van der Waals surface area contributed by atoms with Crippen LogP contribution >= 0.6 is 22.9 Å². The number of carbonyl (C=O) groups excluding carboxylic acids is 1. The topological polar surface area (TPSA) is 76.7 Å². The molecule has 0 radical (unpaired) electrons. The Kier molecular flexibility index (Phi) is 5.10. The van der Waals surface area contributed by atoms with E-state index in [1.165, 1.54) is 18.4 Å². The molecule has 2 aromatic heterocycles. The number of benzene rings is 2. The molecule has 2 aromatic carbocycles. The summed E-state index contributed by atoms with van der Waals surface area (Å²) >= 11 is 7.52. The molecule has 28 heavy (non-hydrogen) atoms. The average molecular weight is 412 g/mol. The van der Waals surface area contributed by atoms with Crippen LogP contribution in [0.5, 0.6) is 5.75 Å². The molecule has 4 aromatic rings. The number of nitrogens with zero attached hydrogens (tertiary/aromatic N) is 2. The fourth-order valence-corrected chi connectivity index (χ4v) is 3.38. The van der Waals surface area contributed by atoms with Crippen molar-refractivity contribution in [2.75, 3.05) is 12.4 Å². The molecule has 6 nitrogen and oxygen atoms in total. The number of hydrogen-bond acceptors (Lipinski definition) is 6. The largest absolute Gasteiger partial charge is 0.495 e. The van der Waals surface area contributed by atoms with Gasteiger partial charge in [0, 0.05) is 17.0 Å². The van der Waals surface area contributed by atoms with Gasteiger partial charge in [-0.05, 0) is 30.3 Å². The summed E-state index contributed by atoms with van der Waals surface area (Å²) in [5.74, 6) is 0.181. The minimum Gasteiger partial charge on any atom is -0.495 e. The van der Waals surface area contributed by atoms with Crippen LogP contribution in [0.3, 0.4) is 0 Å². The Balaban J connectivity index is 1.85. The Labute approximate surface area is 169 Å².